The van der Waals surface area contributed by atoms with Gasteiger partial charge in [0.25, 0.3) is 0 Å². The molecular weight excluding hydrogens is 468 g/mol. The molecule has 0 bridgehead atoms. The molecule has 7 rings (SSSR count). The first-order chi connectivity index (χ1) is 18.3. The number of nitrogens with zero attached hydrogens (tertiary/aromatic N) is 4. The smallest absolute Gasteiger partial charge is 0.231 e. The van der Waals surface area contributed by atoms with Gasteiger partial charge in [0.05, 0.1) is 22.9 Å². The lowest BCUT2D eigenvalue weighted by Gasteiger charge is -2.14. The number of H-pyrrole nitrogens is 2. The van der Waals surface area contributed by atoms with Crippen LogP contribution >= 0.6 is 0 Å². The number of benzene rings is 2. The molecule has 1 fully saturated rings. The van der Waals surface area contributed by atoms with E-state index in [1.807, 2.05) is 42.5 Å². The molecule has 0 amide bonds. The van der Waals surface area contributed by atoms with Gasteiger partial charge < -0.3 is 19.2 Å². The van der Waals surface area contributed by atoms with Gasteiger partial charge >= 0.3 is 0 Å². The zero-order chi connectivity index (χ0) is 24.6. The summed E-state index contributed by atoms with van der Waals surface area (Å²) < 4.78 is 17.0. The summed E-state index contributed by atoms with van der Waals surface area (Å²) in [6, 6.07) is 16.0. The van der Waals surface area contributed by atoms with E-state index in [9.17, 15) is 0 Å². The van der Waals surface area contributed by atoms with Crippen LogP contribution in [0.15, 0.2) is 60.9 Å². The van der Waals surface area contributed by atoms with Crippen LogP contribution in [0.5, 0.6) is 17.2 Å². The Morgan fingerprint density at radius 1 is 0.946 bits per heavy atom. The molecule has 9 nitrogen and oxygen atoms in total. The monoisotopic (exact) mass is 494 g/mol. The number of aromatic nitrogens is 5. The molecule has 2 aromatic carbocycles. The molecule has 0 atom stereocenters. The molecule has 0 radical (unpaired) electrons. The minimum Gasteiger partial charge on any atom is -0.491 e. The number of hydrogen-bond donors (Lipinski definition) is 2. The number of para-hydroxylation sites is 1. The number of ether oxygens (including phenoxy) is 3. The highest BCUT2D eigenvalue weighted by molar-refractivity contribution is 5.94. The van der Waals surface area contributed by atoms with Crippen molar-refractivity contribution in [2.75, 3.05) is 33.0 Å². The van der Waals surface area contributed by atoms with Crippen molar-refractivity contribution in [3.8, 4) is 51.2 Å². The number of nitrogens with one attached hydrogen (secondary N) is 2. The van der Waals surface area contributed by atoms with E-state index in [4.69, 9.17) is 19.2 Å². The van der Waals surface area contributed by atoms with Crippen molar-refractivity contribution in [1.29, 1.82) is 0 Å². The van der Waals surface area contributed by atoms with E-state index < -0.39 is 0 Å². The summed E-state index contributed by atoms with van der Waals surface area (Å²) in [5.41, 5.74) is 6.32. The Morgan fingerprint density at radius 3 is 2.81 bits per heavy atom. The second-order valence-corrected chi connectivity index (χ2v) is 9.33. The molecule has 0 spiro atoms. The SMILES string of the molecule is c1cc(-c2ccc3c(c2)OCO3)c2nc(-c3cc(-c4cncc(OCCN5CCCC5)c4)n[nH]3)[nH]c2c1. The van der Waals surface area contributed by atoms with Gasteiger partial charge in [-0.2, -0.15) is 5.10 Å². The van der Waals surface area contributed by atoms with Crippen LogP contribution in [0.2, 0.25) is 0 Å². The van der Waals surface area contributed by atoms with Crippen LogP contribution in [0, 0.1) is 0 Å². The maximum atomic E-state index is 5.97. The summed E-state index contributed by atoms with van der Waals surface area (Å²) in [4.78, 5) is 15.1. The zero-order valence-electron chi connectivity index (χ0n) is 20.2. The predicted molar refractivity (Wildman–Crippen MR) is 140 cm³/mol. The van der Waals surface area contributed by atoms with E-state index in [1.54, 1.807) is 12.4 Å². The van der Waals surface area contributed by atoms with Crippen LogP contribution in [-0.2, 0) is 0 Å². The quantitative estimate of drug-likeness (QED) is 0.332. The maximum Gasteiger partial charge on any atom is 0.231 e. The summed E-state index contributed by atoms with van der Waals surface area (Å²) in [7, 11) is 0. The molecule has 5 aromatic rings. The predicted octanol–water partition coefficient (Wildman–Crippen LogP) is 4.89. The van der Waals surface area contributed by atoms with E-state index >= 15 is 0 Å². The van der Waals surface area contributed by atoms with Gasteiger partial charge in [0, 0.05) is 23.9 Å². The molecule has 9 heteroatoms. The molecule has 3 aromatic heterocycles. The third-order valence-corrected chi connectivity index (χ3v) is 6.91. The first kappa shape index (κ1) is 21.9. The van der Waals surface area contributed by atoms with Crippen molar-refractivity contribution in [3.63, 3.8) is 0 Å². The number of rotatable bonds is 7. The van der Waals surface area contributed by atoms with Crippen molar-refractivity contribution in [2.45, 2.75) is 12.8 Å². The summed E-state index contributed by atoms with van der Waals surface area (Å²) in [6.07, 6.45) is 6.11. The fourth-order valence-corrected chi connectivity index (χ4v) is 4.98. The Balaban J connectivity index is 1.13. The van der Waals surface area contributed by atoms with Crippen molar-refractivity contribution >= 4 is 11.0 Å². The first-order valence-corrected chi connectivity index (χ1v) is 12.6. The lowest BCUT2D eigenvalue weighted by molar-refractivity contribution is 0.174. The van der Waals surface area contributed by atoms with Gasteiger partial charge in [0.2, 0.25) is 6.79 Å². The van der Waals surface area contributed by atoms with Gasteiger partial charge in [-0.25, -0.2) is 4.98 Å². The van der Waals surface area contributed by atoms with E-state index in [0.29, 0.717) is 12.4 Å². The van der Waals surface area contributed by atoms with Crippen molar-refractivity contribution in [3.05, 3.63) is 60.9 Å². The number of aromatic amines is 2. The number of fused-ring (bicyclic) bond motifs is 2. The average molecular weight is 495 g/mol. The van der Waals surface area contributed by atoms with Gasteiger partial charge in [0.15, 0.2) is 17.3 Å². The minimum absolute atomic E-state index is 0.251. The van der Waals surface area contributed by atoms with Gasteiger partial charge in [0.1, 0.15) is 18.1 Å². The molecule has 0 saturated carbocycles. The maximum absolute atomic E-state index is 5.97. The number of pyridine rings is 1. The Morgan fingerprint density at radius 2 is 1.86 bits per heavy atom. The van der Waals surface area contributed by atoms with Crippen LogP contribution < -0.4 is 14.2 Å². The first-order valence-electron chi connectivity index (χ1n) is 12.6. The largest absolute Gasteiger partial charge is 0.491 e. The molecule has 2 aliphatic rings. The van der Waals surface area contributed by atoms with Crippen molar-refractivity contribution in [1.82, 2.24) is 30.0 Å². The van der Waals surface area contributed by atoms with E-state index in [-0.39, 0.29) is 6.79 Å². The van der Waals surface area contributed by atoms with E-state index in [0.717, 1.165) is 76.0 Å². The van der Waals surface area contributed by atoms with Gasteiger partial charge in [-0.05, 0) is 61.8 Å². The molecular formula is C28H26N6O3. The standard InChI is InChI=1S/C28H26N6O3/c1-2-9-34(8-1)10-11-35-20-12-19(15-29-16-20)23-14-24(33-32-23)28-30-22-5-3-4-21(27(22)31-28)18-6-7-25-26(13-18)37-17-36-25/h3-7,12-16H,1-2,8-11,17H2,(H,30,31)(H,32,33). The van der Waals surface area contributed by atoms with Crippen LogP contribution in [-0.4, -0.2) is 63.1 Å². The average Bonchev–Trinajstić information content (AvgIpc) is 3.74. The lowest BCUT2D eigenvalue weighted by Crippen LogP contribution is -2.25. The van der Waals surface area contributed by atoms with Crippen molar-refractivity contribution < 1.29 is 14.2 Å². The van der Waals surface area contributed by atoms with Crippen LogP contribution in [0.1, 0.15) is 12.8 Å². The van der Waals surface area contributed by atoms with Gasteiger partial charge in [-0.3, -0.25) is 15.0 Å². The second kappa shape index (κ2) is 9.25. The second-order valence-electron chi connectivity index (χ2n) is 9.33. The Hall–Kier alpha value is -4.37. The molecule has 2 N–H and O–H groups in total. The lowest BCUT2D eigenvalue weighted by atomic mass is 10.0. The third kappa shape index (κ3) is 4.27. The number of hydrogen-bond acceptors (Lipinski definition) is 7. The van der Waals surface area contributed by atoms with Crippen LogP contribution in [0.4, 0.5) is 0 Å². The molecule has 0 aliphatic carbocycles. The van der Waals surface area contributed by atoms with Crippen LogP contribution in [0.25, 0.3) is 44.9 Å². The minimum atomic E-state index is 0.251. The number of likely N-dealkylation sites (tertiary alicyclic amines) is 1. The highest BCUT2D eigenvalue weighted by atomic mass is 16.7. The Kier molecular flexibility index (Phi) is 5.47. The van der Waals surface area contributed by atoms with Crippen molar-refractivity contribution in [2.24, 2.45) is 0 Å². The molecule has 2 aliphatic heterocycles. The highest BCUT2D eigenvalue weighted by Gasteiger charge is 2.17. The fraction of sp³-hybridized carbons (Fsp3) is 0.250. The molecule has 186 valence electrons. The normalized spacial score (nSPS) is 15.0. The summed E-state index contributed by atoms with van der Waals surface area (Å²) >= 11 is 0. The van der Waals surface area contributed by atoms with Crippen LogP contribution in [0.3, 0.4) is 0 Å². The third-order valence-electron chi connectivity index (χ3n) is 6.91. The molecule has 5 heterocycles. The van der Waals surface area contributed by atoms with Gasteiger partial charge in [-0.1, -0.05) is 18.2 Å². The van der Waals surface area contributed by atoms with E-state index in [2.05, 4.69) is 31.1 Å². The topological polar surface area (TPSA) is 101 Å². The highest BCUT2D eigenvalue weighted by Crippen LogP contribution is 2.38. The Bertz CT molecular complexity index is 1570. The summed E-state index contributed by atoms with van der Waals surface area (Å²) in [5.74, 6) is 2.98. The van der Waals surface area contributed by atoms with Gasteiger partial charge in [-0.15, -0.1) is 0 Å². The fourth-order valence-electron chi connectivity index (χ4n) is 4.98. The molecule has 1 saturated heterocycles. The Labute approximate surface area is 213 Å². The summed E-state index contributed by atoms with van der Waals surface area (Å²) in [5, 5.41) is 7.64. The van der Waals surface area contributed by atoms with E-state index in [1.165, 1.54) is 12.8 Å². The summed E-state index contributed by atoms with van der Waals surface area (Å²) in [6.45, 7) is 4.18. The molecule has 37 heavy (non-hydrogen) atoms. The molecule has 0 unspecified atom stereocenters. The number of imidazole rings is 1. The zero-order valence-corrected chi connectivity index (χ0v) is 20.2.